The van der Waals surface area contributed by atoms with Gasteiger partial charge in [-0.2, -0.15) is 10.2 Å². The van der Waals surface area contributed by atoms with Crippen molar-refractivity contribution in [3.05, 3.63) is 66.2 Å². The maximum Gasteiger partial charge on any atom is 0.272 e. The maximum absolute atomic E-state index is 12.5. The Morgan fingerprint density at radius 1 is 1.13 bits per heavy atom. The summed E-state index contributed by atoms with van der Waals surface area (Å²) in [5.41, 5.74) is 2.68. The summed E-state index contributed by atoms with van der Waals surface area (Å²) in [6.45, 7) is 3.20. The second-order valence-corrected chi connectivity index (χ2v) is 5.31. The number of aryl methyl sites for hydroxylation is 1. The molecule has 0 atom stereocenters. The summed E-state index contributed by atoms with van der Waals surface area (Å²) in [7, 11) is 1.80. The highest BCUT2D eigenvalue weighted by Crippen LogP contribution is 2.12. The number of hydrogen-bond donors (Lipinski definition) is 0. The minimum atomic E-state index is -0.0273. The Balaban J connectivity index is 1.70. The Hall–Kier alpha value is -2.89. The molecule has 0 aliphatic carbocycles. The van der Waals surface area contributed by atoms with Crippen molar-refractivity contribution in [2.24, 2.45) is 0 Å². The van der Waals surface area contributed by atoms with Gasteiger partial charge in [-0.15, -0.1) is 0 Å². The lowest BCUT2D eigenvalue weighted by molar-refractivity contribution is 0.0773. The fourth-order valence-corrected chi connectivity index (χ4v) is 2.48. The van der Waals surface area contributed by atoms with Gasteiger partial charge in [0, 0.05) is 38.7 Å². The first-order chi connectivity index (χ1) is 11.2. The summed E-state index contributed by atoms with van der Waals surface area (Å²) in [5.74, 6) is -0.0273. The fraction of sp³-hybridized carbons (Fsp3) is 0.235. The molecule has 0 spiro atoms. The molecule has 6 nitrogen and oxygen atoms in total. The smallest absolute Gasteiger partial charge is 0.272 e. The zero-order valence-electron chi connectivity index (χ0n) is 13.3. The van der Waals surface area contributed by atoms with Crippen molar-refractivity contribution in [2.75, 3.05) is 7.05 Å². The van der Waals surface area contributed by atoms with E-state index in [2.05, 4.69) is 10.2 Å². The van der Waals surface area contributed by atoms with E-state index < -0.39 is 0 Å². The highest BCUT2D eigenvalue weighted by atomic mass is 16.2. The molecule has 3 aromatic rings. The lowest BCUT2D eigenvalue weighted by atomic mass is 10.2. The predicted molar refractivity (Wildman–Crippen MR) is 87.3 cm³/mol. The van der Waals surface area contributed by atoms with E-state index in [1.807, 2.05) is 43.5 Å². The second-order valence-electron chi connectivity index (χ2n) is 5.31. The van der Waals surface area contributed by atoms with Crippen molar-refractivity contribution in [1.82, 2.24) is 24.5 Å². The molecule has 23 heavy (non-hydrogen) atoms. The zero-order valence-corrected chi connectivity index (χ0v) is 13.3. The Morgan fingerprint density at radius 2 is 1.91 bits per heavy atom. The molecule has 0 bridgehead atoms. The van der Waals surface area contributed by atoms with Crippen molar-refractivity contribution in [2.45, 2.75) is 20.0 Å². The largest absolute Gasteiger partial charge is 0.336 e. The van der Waals surface area contributed by atoms with E-state index in [1.54, 1.807) is 39.8 Å². The first-order valence-corrected chi connectivity index (χ1v) is 7.55. The quantitative estimate of drug-likeness (QED) is 0.727. The van der Waals surface area contributed by atoms with Crippen molar-refractivity contribution in [3.8, 4) is 5.69 Å². The molecule has 0 unspecified atom stereocenters. The molecule has 0 aliphatic rings. The molecule has 0 radical (unpaired) electrons. The molecule has 3 rings (SSSR count). The maximum atomic E-state index is 12.5. The SMILES string of the molecule is CCn1nccc1C(=O)N(C)Cc1ccc(-n2cccn2)cc1. The highest BCUT2D eigenvalue weighted by Gasteiger charge is 2.16. The standard InChI is InChI=1S/C17H19N5O/c1-3-21-16(9-11-19-21)17(23)20(2)13-14-5-7-15(8-6-14)22-12-4-10-18-22/h4-12H,3,13H2,1-2H3. The van der Waals surface area contributed by atoms with Crippen molar-refractivity contribution in [3.63, 3.8) is 0 Å². The van der Waals surface area contributed by atoms with E-state index in [0.29, 0.717) is 18.8 Å². The van der Waals surface area contributed by atoms with Crippen LogP contribution in [0.4, 0.5) is 0 Å². The van der Waals surface area contributed by atoms with Gasteiger partial charge >= 0.3 is 0 Å². The summed E-state index contributed by atoms with van der Waals surface area (Å²) >= 11 is 0. The van der Waals surface area contributed by atoms with Crippen LogP contribution >= 0.6 is 0 Å². The first-order valence-electron chi connectivity index (χ1n) is 7.55. The molecular weight excluding hydrogens is 290 g/mol. The van der Waals surface area contributed by atoms with Crippen LogP contribution in [0.5, 0.6) is 0 Å². The van der Waals surface area contributed by atoms with E-state index in [9.17, 15) is 4.79 Å². The summed E-state index contributed by atoms with van der Waals surface area (Å²) in [5, 5.41) is 8.35. The normalized spacial score (nSPS) is 10.7. The van der Waals surface area contributed by atoms with Crippen LogP contribution in [0.3, 0.4) is 0 Å². The molecule has 6 heteroatoms. The summed E-state index contributed by atoms with van der Waals surface area (Å²) < 4.78 is 3.51. The topological polar surface area (TPSA) is 56.0 Å². The van der Waals surface area contributed by atoms with Crippen molar-refractivity contribution < 1.29 is 4.79 Å². The molecular formula is C17H19N5O. The van der Waals surface area contributed by atoms with Gasteiger partial charge < -0.3 is 4.90 Å². The number of benzene rings is 1. The van der Waals surface area contributed by atoms with Crippen LogP contribution in [0.1, 0.15) is 23.0 Å². The highest BCUT2D eigenvalue weighted by molar-refractivity contribution is 5.92. The molecule has 1 aromatic carbocycles. The van der Waals surface area contributed by atoms with Gasteiger partial charge in [-0.3, -0.25) is 9.48 Å². The minimum Gasteiger partial charge on any atom is -0.336 e. The molecule has 1 amide bonds. The molecule has 0 fully saturated rings. The van der Waals surface area contributed by atoms with Gasteiger partial charge in [0.05, 0.1) is 5.69 Å². The third-order valence-electron chi connectivity index (χ3n) is 3.71. The zero-order chi connectivity index (χ0) is 16.2. The van der Waals surface area contributed by atoms with Crippen LogP contribution in [0.2, 0.25) is 0 Å². The molecule has 0 N–H and O–H groups in total. The van der Waals surface area contributed by atoms with E-state index in [4.69, 9.17) is 0 Å². The number of nitrogens with zero attached hydrogens (tertiary/aromatic N) is 5. The summed E-state index contributed by atoms with van der Waals surface area (Å²) in [6, 6.07) is 11.7. The van der Waals surface area contributed by atoms with Crippen LogP contribution in [0.25, 0.3) is 5.69 Å². The third-order valence-corrected chi connectivity index (χ3v) is 3.71. The fourth-order valence-electron chi connectivity index (χ4n) is 2.48. The second kappa shape index (κ2) is 6.48. The van der Waals surface area contributed by atoms with E-state index >= 15 is 0 Å². The molecule has 118 valence electrons. The van der Waals surface area contributed by atoms with Gasteiger partial charge in [0.1, 0.15) is 5.69 Å². The minimum absolute atomic E-state index is 0.0273. The van der Waals surface area contributed by atoms with E-state index in [0.717, 1.165) is 11.3 Å². The summed E-state index contributed by atoms with van der Waals surface area (Å²) in [4.78, 5) is 14.2. The van der Waals surface area contributed by atoms with Crippen LogP contribution in [0, 0.1) is 0 Å². The Kier molecular flexibility index (Phi) is 4.23. The third kappa shape index (κ3) is 3.15. The van der Waals surface area contributed by atoms with Gasteiger partial charge in [-0.1, -0.05) is 12.1 Å². The average Bonchev–Trinajstić information content (AvgIpc) is 3.26. The van der Waals surface area contributed by atoms with Gasteiger partial charge in [0.25, 0.3) is 5.91 Å². The van der Waals surface area contributed by atoms with Gasteiger partial charge in [-0.25, -0.2) is 4.68 Å². The Labute approximate surface area is 135 Å². The van der Waals surface area contributed by atoms with Crippen molar-refractivity contribution in [1.29, 1.82) is 0 Å². The Morgan fingerprint density at radius 3 is 2.57 bits per heavy atom. The van der Waals surface area contributed by atoms with Crippen LogP contribution < -0.4 is 0 Å². The molecule has 0 saturated carbocycles. The van der Waals surface area contributed by atoms with Gasteiger partial charge in [0.2, 0.25) is 0 Å². The van der Waals surface area contributed by atoms with Crippen LogP contribution in [-0.2, 0) is 13.1 Å². The number of carbonyl (C=O) groups is 1. The van der Waals surface area contributed by atoms with Crippen LogP contribution in [-0.4, -0.2) is 37.4 Å². The number of rotatable bonds is 5. The summed E-state index contributed by atoms with van der Waals surface area (Å²) in [6.07, 6.45) is 5.30. The molecule has 0 saturated heterocycles. The monoisotopic (exact) mass is 309 g/mol. The van der Waals surface area contributed by atoms with Gasteiger partial charge in [-0.05, 0) is 36.8 Å². The van der Waals surface area contributed by atoms with Crippen LogP contribution in [0.15, 0.2) is 55.0 Å². The molecule has 0 aliphatic heterocycles. The Bertz CT molecular complexity index is 774. The van der Waals surface area contributed by atoms with E-state index in [1.165, 1.54) is 0 Å². The van der Waals surface area contributed by atoms with Crippen molar-refractivity contribution >= 4 is 5.91 Å². The predicted octanol–water partition coefficient (Wildman–Crippen LogP) is 2.36. The molecule has 2 aromatic heterocycles. The number of carbonyl (C=O) groups excluding carboxylic acids is 1. The lowest BCUT2D eigenvalue weighted by Gasteiger charge is -2.18. The number of aromatic nitrogens is 4. The molecule has 2 heterocycles. The first kappa shape index (κ1) is 15.0. The average molecular weight is 309 g/mol. The lowest BCUT2D eigenvalue weighted by Crippen LogP contribution is -2.28. The number of amides is 1. The van der Waals surface area contributed by atoms with Gasteiger partial charge in [0.15, 0.2) is 0 Å². The number of hydrogen-bond acceptors (Lipinski definition) is 3. The van der Waals surface area contributed by atoms with E-state index in [-0.39, 0.29) is 5.91 Å².